The Labute approximate surface area is 231 Å². The summed E-state index contributed by atoms with van der Waals surface area (Å²) in [5, 5.41) is 13.4. The van der Waals surface area contributed by atoms with E-state index in [2.05, 4.69) is 20.3 Å². The second kappa shape index (κ2) is 13.5. The molecular formula is C24H37F3N6O6S. The fourth-order valence-electron chi connectivity index (χ4n) is 4.08. The predicted molar refractivity (Wildman–Crippen MR) is 144 cm³/mol. The predicted octanol–water partition coefficient (Wildman–Crippen LogP) is 0.774. The van der Waals surface area contributed by atoms with E-state index in [0.29, 0.717) is 44.0 Å². The fourth-order valence-corrected chi connectivity index (χ4v) is 4.65. The number of carbonyl (C=O) groups is 3. The molecule has 0 saturated carbocycles. The van der Waals surface area contributed by atoms with Crippen molar-refractivity contribution in [2.75, 3.05) is 74.8 Å². The van der Waals surface area contributed by atoms with Crippen molar-refractivity contribution in [1.82, 2.24) is 20.4 Å². The molecule has 0 aromatic heterocycles. The van der Waals surface area contributed by atoms with E-state index in [9.17, 15) is 31.2 Å². The van der Waals surface area contributed by atoms with Gasteiger partial charge in [0.15, 0.2) is 0 Å². The van der Waals surface area contributed by atoms with E-state index in [4.69, 9.17) is 9.90 Å². The number of halogens is 3. The second-order valence-electron chi connectivity index (χ2n) is 10.5. The summed E-state index contributed by atoms with van der Waals surface area (Å²) in [5.41, 5.74) is 1.36. The molecule has 2 saturated heterocycles. The van der Waals surface area contributed by atoms with E-state index in [1.165, 1.54) is 0 Å². The minimum absolute atomic E-state index is 0.0257. The first-order chi connectivity index (χ1) is 18.4. The highest BCUT2D eigenvalue weighted by Gasteiger charge is 2.38. The molecule has 0 spiro atoms. The van der Waals surface area contributed by atoms with E-state index >= 15 is 0 Å². The zero-order chi connectivity index (χ0) is 30.3. The second-order valence-corrected chi connectivity index (χ2v) is 12.3. The van der Waals surface area contributed by atoms with Crippen LogP contribution in [0.2, 0.25) is 0 Å². The molecule has 3 rings (SSSR count). The van der Waals surface area contributed by atoms with E-state index < -0.39 is 22.2 Å². The van der Waals surface area contributed by atoms with Crippen LogP contribution in [-0.4, -0.2) is 118 Å². The number of nitrogens with zero attached hydrogens (tertiary/aromatic N) is 3. The standard InChI is InChI=1S/C22H36N6O4S.C2HF3O2/c1-22(2,3)24-20(29)16-26-11-13-28(14-12-26)21(30)17-5-6-19(27-9-7-23-8-10-27)18(15-17)25-33(4,31)32;3-2(4,5)1(6)7/h5-6,15,23,25H,7-14,16H2,1-4H3,(H,24,29);(H,6,7). The highest BCUT2D eigenvalue weighted by Crippen LogP contribution is 2.29. The lowest BCUT2D eigenvalue weighted by atomic mass is 10.1. The van der Waals surface area contributed by atoms with Gasteiger partial charge >= 0.3 is 12.1 Å². The number of aliphatic carboxylic acids is 1. The maximum atomic E-state index is 13.1. The van der Waals surface area contributed by atoms with Gasteiger partial charge in [-0.05, 0) is 39.0 Å². The Kier molecular flexibility index (Phi) is 11.2. The zero-order valence-electron chi connectivity index (χ0n) is 23.0. The summed E-state index contributed by atoms with van der Waals surface area (Å²) >= 11 is 0. The minimum Gasteiger partial charge on any atom is -0.475 e. The molecule has 2 heterocycles. The molecule has 0 unspecified atom stereocenters. The number of carbonyl (C=O) groups excluding carboxylic acids is 2. The monoisotopic (exact) mass is 594 g/mol. The molecule has 2 aliphatic rings. The van der Waals surface area contributed by atoms with Crippen LogP contribution >= 0.6 is 0 Å². The number of hydrogen-bond donors (Lipinski definition) is 4. The number of nitrogens with one attached hydrogen (secondary N) is 3. The van der Waals surface area contributed by atoms with Crippen molar-refractivity contribution in [3.63, 3.8) is 0 Å². The number of benzene rings is 1. The number of sulfonamides is 1. The molecule has 0 aliphatic carbocycles. The number of rotatable bonds is 6. The molecule has 16 heteroatoms. The van der Waals surface area contributed by atoms with Crippen molar-refractivity contribution in [1.29, 1.82) is 0 Å². The van der Waals surface area contributed by atoms with Gasteiger partial charge in [0, 0.05) is 63.5 Å². The van der Waals surface area contributed by atoms with Crippen LogP contribution in [0.25, 0.3) is 0 Å². The van der Waals surface area contributed by atoms with Gasteiger partial charge in [0.05, 0.1) is 24.2 Å². The molecule has 2 aliphatic heterocycles. The van der Waals surface area contributed by atoms with Crippen LogP contribution in [0, 0.1) is 0 Å². The molecular weight excluding hydrogens is 557 g/mol. The first-order valence-electron chi connectivity index (χ1n) is 12.6. The first kappa shape index (κ1) is 33.1. The number of hydrogen-bond acceptors (Lipinski definition) is 8. The average molecular weight is 595 g/mol. The lowest BCUT2D eigenvalue weighted by molar-refractivity contribution is -0.192. The Morgan fingerprint density at radius 2 is 1.55 bits per heavy atom. The third-order valence-electron chi connectivity index (χ3n) is 5.78. The lowest BCUT2D eigenvalue weighted by Crippen LogP contribution is -2.52. The average Bonchev–Trinajstić information content (AvgIpc) is 2.82. The quantitative estimate of drug-likeness (QED) is 0.375. The first-order valence-corrected chi connectivity index (χ1v) is 14.4. The number of carboxylic acids is 1. The van der Waals surface area contributed by atoms with Crippen LogP contribution in [0.5, 0.6) is 0 Å². The van der Waals surface area contributed by atoms with Gasteiger partial charge < -0.3 is 25.5 Å². The summed E-state index contributed by atoms with van der Waals surface area (Å²) in [5.74, 6) is -2.92. The summed E-state index contributed by atoms with van der Waals surface area (Å²) in [6.07, 6.45) is -3.97. The normalized spacial score (nSPS) is 17.0. The minimum atomic E-state index is -5.08. The Balaban J connectivity index is 0.000000708. The molecule has 226 valence electrons. The van der Waals surface area contributed by atoms with Crippen molar-refractivity contribution in [3.8, 4) is 0 Å². The lowest BCUT2D eigenvalue weighted by Gasteiger charge is -2.35. The van der Waals surface area contributed by atoms with E-state index in [-0.39, 0.29) is 17.4 Å². The molecule has 0 bridgehead atoms. The third-order valence-corrected chi connectivity index (χ3v) is 6.37. The van der Waals surface area contributed by atoms with Crippen LogP contribution in [0.4, 0.5) is 24.5 Å². The van der Waals surface area contributed by atoms with Crippen LogP contribution in [0.1, 0.15) is 31.1 Å². The summed E-state index contributed by atoms with van der Waals surface area (Å²) in [6.45, 7) is 11.5. The Bertz CT molecular complexity index is 1160. The van der Waals surface area contributed by atoms with Crippen LogP contribution in [0.15, 0.2) is 18.2 Å². The van der Waals surface area contributed by atoms with Crippen LogP contribution < -0.4 is 20.3 Å². The largest absolute Gasteiger partial charge is 0.490 e. The molecule has 1 aromatic rings. The summed E-state index contributed by atoms with van der Waals surface area (Å²) < 4.78 is 58.2. The summed E-state index contributed by atoms with van der Waals surface area (Å²) in [4.78, 5) is 40.1. The van der Waals surface area contributed by atoms with Gasteiger partial charge in [-0.1, -0.05) is 0 Å². The summed E-state index contributed by atoms with van der Waals surface area (Å²) in [7, 11) is -3.50. The van der Waals surface area contributed by atoms with Crippen LogP contribution in [0.3, 0.4) is 0 Å². The van der Waals surface area contributed by atoms with Gasteiger partial charge in [-0.3, -0.25) is 19.2 Å². The van der Waals surface area contributed by atoms with Gasteiger partial charge in [-0.25, -0.2) is 13.2 Å². The number of carboxylic acid groups (broad SMARTS) is 1. The van der Waals surface area contributed by atoms with Gasteiger partial charge in [-0.15, -0.1) is 0 Å². The van der Waals surface area contributed by atoms with Crippen molar-refractivity contribution < 1.29 is 41.1 Å². The van der Waals surface area contributed by atoms with Gasteiger partial charge in [0.2, 0.25) is 15.9 Å². The Morgan fingerprint density at radius 1 is 1.00 bits per heavy atom. The topological polar surface area (TPSA) is 151 Å². The molecule has 0 atom stereocenters. The number of piperazine rings is 2. The summed E-state index contributed by atoms with van der Waals surface area (Å²) in [6, 6.07) is 5.21. The molecule has 2 amide bonds. The van der Waals surface area contributed by atoms with Gasteiger partial charge in [0.25, 0.3) is 5.91 Å². The number of alkyl halides is 3. The fraction of sp³-hybridized carbons (Fsp3) is 0.625. The molecule has 40 heavy (non-hydrogen) atoms. The SMILES string of the molecule is CC(C)(C)NC(=O)CN1CCN(C(=O)c2ccc(N3CCNCC3)c(NS(C)(=O)=O)c2)CC1.O=C(O)C(F)(F)F. The van der Waals surface area contributed by atoms with E-state index in [1.807, 2.05) is 31.7 Å². The molecule has 4 N–H and O–H groups in total. The van der Waals surface area contributed by atoms with Gasteiger partial charge in [0.1, 0.15) is 0 Å². The number of amides is 2. The van der Waals surface area contributed by atoms with Crippen molar-refractivity contribution in [2.45, 2.75) is 32.5 Å². The molecule has 12 nitrogen and oxygen atoms in total. The van der Waals surface area contributed by atoms with Crippen LogP contribution in [-0.2, 0) is 19.6 Å². The van der Waals surface area contributed by atoms with Crippen molar-refractivity contribution >= 4 is 39.2 Å². The van der Waals surface area contributed by atoms with E-state index in [1.54, 1.807) is 17.0 Å². The maximum absolute atomic E-state index is 13.1. The molecule has 2 fully saturated rings. The highest BCUT2D eigenvalue weighted by molar-refractivity contribution is 7.92. The van der Waals surface area contributed by atoms with E-state index in [0.717, 1.165) is 38.1 Å². The zero-order valence-corrected chi connectivity index (χ0v) is 23.8. The Hall–Kier alpha value is -3.11. The molecule has 1 aromatic carbocycles. The van der Waals surface area contributed by atoms with Gasteiger partial charge in [-0.2, -0.15) is 13.2 Å². The highest BCUT2D eigenvalue weighted by atomic mass is 32.2. The smallest absolute Gasteiger partial charge is 0.475 e. The van der Waals surface area contributed by atoms with Crippen molar-refractivity contribution in [2.24, 2.45) is 0 Å². The molecule has 0 radical (unpaired) electrons. The number of anilines is 2. The Morgan fingerprint density at radius 3 is 2.02 bits per heavy atom. The maximum Gasteiger partial charge on any atom is 0.490 e. The third kappa shape index (κ3) is 11.2. The van der Waals surface area contributed by atoms with Crippen molar-refractivity contribution in [3.05, 3.63) is 23.8 Å².